The van der Waals surface area contributed by atoms with Crippen LogP contribution in [0.3, 0.4) is 0 Å². The molecule has 0 saturated heterocycles. The summed E-state index contributed by atoms with van der Waals surface area (Å²) in [5.41, 5.74) is 9.15. The Bertz CT molecular complexity index is 706. The van der Waals surface area contributed by atoms with Gasteiger partial charge in [-0.1, -0.05) is 18.2 Å². The van der Waals surface area contributed by atoms with Crippen molar-refractivity contribution < 1.29 is 0 Å². The lowest BCUT2D eigenvalue weighted by molar-refractivity contribution is 0.589. The standard InChI is InChI=1S/C15H18N4/c1-11(16)8-19-9-13(17-10-19)15-7-12-5-3-4-6-14(12)18(15)2/h3-7,9-11H,8,16H2,1-2H3. The van der Waals surface area contributed by atoms with Crippen LogP contribution in [0, 0.1) is 0 Å². The van der Waals surface area contributed by atoms with Gasteiger partial charge in [-0.3, -0.25) is 0 Å². The molecule has 3 rings (SSSR count). The summed E-state index contributed by atoms with van der Waals surface area (Å²) < 4.78 is 4.21. The molecule has 0 fully saturated rings. The summed E-state index contributed by atoms with van der Waals surface area (Å²) in [6, 6.07) is 10.7. The number of hydrogen-bond donors (Lipinski definition) is 1. The minimum atomic E-state index is 0.134. The largest absolute Gasteiger partial charge is 0.342 e. The van der Waals surface area contributed by atoms with Crippen molar-refractivity contribution in [2.24, 2.45) is 12.8 Å². The van der Waals surface area contributed by atoms with Crippen molar-refractivity contribution in [2.75, 3.05) is 0 Å². The maximum atomic E-state index is 5.81. The Morgan fingerprint density at radius 1 is 1.32 bits per heavy atom. The fourth-order valence-corrected chi connectivity index (χ4v) is 2.46. The number of aromatic nitrogens is 3. The van der Waals surface area contributed by atoms with Gasteiger partial charge in [0.2, 0.25) is 0 Å². The average molecular weight is 254 g/mol. The van der Waals surface area contributed by atoms with Gasteiger partial charge in [0, 0.05) is 36.7 Å². The zero-order chi connectivity index (χ0) is 13.4. The molecule has 1 unspecified atom stereocenters. The van der Waals surface area contributed by atoms with Crippen LogP contribution in [0.1, 0.15) is 6.92 Å². The first-order valence-electron chi connectivity index (χ1n) is 6.47. The van der Waals surface area contributed by atoms with Gasteiger partial charge in [0.05, 0.1) is 12.0 Å². The summed E-state index contributed by atoms with van der Waals surface area (Å²) in [5, 5.41) is 1.24. The monoisotopic (exact) mass is 254 g/mol. The van der Waals surface area contributed by atoms with E-state index < -0.39 is 0 Å². The molecular formula is C15H18N4. The minimum Gasteiger partial charge on any atom is -0.342 e. The molecule has 19 heavy (non-hydrogen) atoms. The van der Waals surface area contributed by atoms with Crippen LogP contribution in [-0.4, -0.2) is 20.2 Å². The van der Waals surface area contributed by atoms with Gasteiger partial charge in [-0.2, -0.15) is 0 Å². The van der Waals surface area contributed by atoms with Gasteiger partial charge < -0.3 is 14.9 Å². The second kappa shape index (κ2) is 4.55. The van der Waals surface area contributed by atoms with E-state index in [1.165, 1.54) is 10.9 Å². The highest BCUT2D eigenvalue weighted by Crippen LogP contribution is 2.25. The number of para-hydroxylation sites is 1. The van der Waals surface area contributed by atoms with Crippen LogP contribution < -0.4 is 5.73 Å². The molecule has 2 heterocycles. The molecule has 1 atom stereocenters. The van der Waals surface area contributed by atoms with Crippen LogP contribution in [0.4, 0.5) is 0 Å². The molecule has 0 amide bonds. The average Bonchev–Trinajstić information content (AvgIpc) is 2.94. The molecule has 2 aromatic heterocycles. The lowest BCUT2D eigenvalue weighted by Crippen LogP contribution is -2.21. The number of imidazole rings is 1. The van der Waals surface area contributed by atoms with Crippen LogP contribution >= 0.6 is 0 Å². The number of hydrogen-bond acceptors (Lipinski definition) is 2. The second-order valence-electron chi connectivity index (χ2n) is 5.08. The van der Waals surface area contributed by atoms with Gasteiger partial charge in [-0.05, 0) is 19.1 Å². The molecule has 4 nitrogen and oxygen atoms in total. The third-order valence-electron chi connectivity index (χ3n) is 3.35. The Morgan fingerprint density at radius 2 is 2.11 bits per heavy atom. The summed E-state index contributed by atoms with van der Waals surface area (Å²) in [6.07, 6.45) is 3.90. The SMILES string of the molecule is CC(N)Cn1cnc(-c2cc3ccccc3n2C)c1. The molecule has 0 radical (unpaired) electrons. The van der Waals surface area contributed by atoms with E-state index in [4.69, 9.17) is 5.73 Å². The van der Waals surface area contributed by atoms with E-state index in [0.717, 1.165) is 17.9 Å². The van der Waals surface area contributed by atoms with Crippen molar-refractivity contribution in [3.63, 3.8) is 0 Å². The summed E-state index contributed by atoms with van der Waals surface area (Å²) >= 11 is 0. The van der Waals surface area contributed by atoms with Gasteiger partial charge in [0.25, 0.3) is 0 Å². The third-order valence-corrected chi connectivity index (χ3v) is 3.35. The van der Waals surface area contributed by atoms with E-state index in [9.17, 15) is 0 Å². The molecule has 98 valence electrons. The van der Waals surface area contributed by atoms with Crippen molar-refractivity contribution in [3.8, 4) is 11.4 Å². The predicted molar refractivity (Wildman–Crippen MR) is 77.8 cm³/mol. The third kappa shape index (κ3) is 2.15. The van der Waals surface area contributed by atoms with Crippen LogP contribution in [-0.2, 0) is 13.6 Å². The number of benzene rings is 1. The van der Waals surface area contributed by atoms with Crippen molar-refractivity contribution in [1.82, 2.24) is 14.1 Å². The van der Waals surface area contributed by atoms with E-state index >= 15 is 0 Å². The number of fused-ring (bicyclic) bond motifs is 1. The lowest BCUT2D eigenvalue weighted by atomic mass is 10.2. The van der Waals surface area contributed by atoms with Crippen LogP contribution in [0.2, 0.25) is 0 Å². The zero-order valence-corrected chi connectivity index (χ0v) is 11.2. The Kier molecular flexibility index (Phi) is 2.87. The Morgan fingerprint density at radius 3 is 2.84 bits per heavy atom. The zero-order valence-electron chi connectivity index (χ0n) is 11.2. The first-order chi connectivity index (χ1) is 9.15. The molecule has 0 spiro atoms. The van der Waals surface area contributed by atoms with Gasteiger partial charge in [-0.15, -0.1) is 0 Å². The highest BCUT2D eigenvalue weighted by atomic mass is 15.1. The first kappa shape index (κ1) is 12.0. The molecule has 2 N–H and O–H groups in total. The van der Waals surface area contributed by atoms with Crippen molar-refractivity contribution >= 4 is 10.9 Å². The van der Waals surface area contributed by atoms with E-state index in [1.54, 1.807) is 0 Å². The smallest absolute Gasteiger partial charge is 0.105 e. The van der Waals surface area contributed by atoms with Gasteiger partial charge in [0.15, 0.2) is 0 Å². The molecule has 1 aromatic carbocycles. The molecule has 0 aliphatic carbocycles. The molecule has 0 aliphatic rings. The van der Waals surface area contributed by atoms with Crippen LogP contribution in [0.25, 0.3) is 22.3 Å². The molecular weight excluding hydrogens is 236 g/mol. The highest BCUT2D eigenvalue weighted by molar-refractivity contribution is 5.86. The fourth-order valence-electron chi connectivity index (χ4n) is 2.46. The molecule has 0 saturated carbocycles. The number of rotatable bonds is 3. The topological polar surface area (TPSA) is 48.8 Å². The predicted octanol–water partition coefficient (Wildman–Crippen LogP) is 2.39. The van der Waals surface area contributed by atoms with Crippen LogP contribution in [0.5, 0.6) is 0 Å². The number of nitrogens with zero attached hydrogens (tertiary/aromatic N) is 3. The van der Waals surface area contributed by atoms with Gasteiger partial charge in [0.1, 0.15) is 5.69 Å². The maximum absolute atomic E-state index is 5.81. The maximum Gasteiger partial charge on any atom is 0.105 e. The summed E-state index contributed by atoms with van der Waals surface area (Å²) in [7, 11) is 2.07. The lowest BCUT2D eigenvalue weighted by Gasteiger charge is -2.04. The Labute approximate surface area is 112 Å². The molecule has 3 aromatic rings. The first-order valence-corrected chi connectivity index (χ1v) is 6.47. The minimum absolute atomic E-state index is 0.134. The number of nitrogens with two attached hydrogens (primary N) is 1. The Balaban J connectivity index is 2.04. The fraction of sp³-hybridized carbons (Fsp3) is 0.267. The van der Waals surface area contributed by atoms with Gasteiger partial charge in [-0.25, -0.2) is 4.98 Å². The van der Waals surface area contributed by atoms with E-state index in [1.807, 2.05) is 17.8 Å². The quantitative estimate of drug-likeness (QED) is 0.780. The van der Waals surface area contributed by atoms with Crippen molar-refractivity contribution in [1.29, 1.82) is 0 Å². The van der Waals surface area contributed by atoms with Gasteiger partial charge >= 0.3 is 0 Å². The summed E-state index contributed by atoms with van der Waals surface area (Å²) in [6.45, 7) is 2.79. The number of aryl methyl sites for hydroxylation is 1. The highest BCUT2D eigenvalue weighted by Gasteiger charge is 2.10. The van der Waals surface area contributed by atoms with Crippen molar-refractivity contribution in [3.05, 3.63) is 42.9 Å². The van der Waals surface area contributed by atoms with E-state index in [0.29, 0.717) is 0 Å². The van der Waals surface area contributed by atoms with E-state index in [-0.39, 0.29) is 6.04 Å². The molecule has 0 aliphatic heterocycles. The summed E-state index contributed by atoms with van der Waals surface area (Å²) in [5.74, 6) is 0. The summed E-state index contributed by atoms with van der Waals surface area (Å²) in [4.78, 5) is 4.48. The van der Waals surface area contributed by atoms with E-state index in [2.05, 4.69) is 53.1 Å². The Hall–Kier alpha value is -2.07. The molecule has 4 heteroatoms. The second-order valence-corrected chi connectivity index (χ2v) is 5.08. The normalized spacial score (nSPS) is 13.0. The van der Waals surface area contributed by atoms with Crippen molar-refractivity contribution in [2.45, 2.75) is 19.5 Å². The molecule has 0 bridgehead atoms. The van der Waals surface area contributed by atoms with Crippen LogP contribution in [0.15, 0.2) is 42.9 Å².